The van der Waals surface area contributed by atoms with E-state index in [0.29, 0.717) is 22.0 Å². The van der Waals surface area contributed by atoms with Crippen molar-refractivity contribution >= 4 is 29.1 Å². The summed E-state index contributed by atoms with van der Waals surface area (Å²) in [6.07, 6.45) is 0.580. The van der Waals surface area contributed by atoms with E-state index in [-0.39, 0.29) is 17.7 Å². The molecule has 1 heterocycles. The fraction of sp³-hybridized carbons (Fsp3) is 0.133. The van der Waals surface area contributed by atoms with Crippen LogP contribution in [0.2, 0.25) is 10.0 Å². The van der Waals surface area contributed by atoms with Crippen molar-refractivity contribution in [1.82, 2.24) is 5.32 Å². The van der Waals surface area contributed by atoms with E-state index < -0.39 is 0 Å². The van der Waals surface area contributed by atoms with Gasteiger partial charge in [-0.3, -0.25) is 4.79 Å². The standard InChI is InChI=1S/C15H11Cl2NO2/c16-9-1-3-12(13(17)7-9)14-6-8-5-10(19)2-4-11(8)15(20)18-14/h1-5,7,14,19H,6H2,(H,18,20). The zero-order valence-corrected chi connectivity index (χ0v) is 11.9. The lowest BCUT2D eigenvalue weighted by atomic mass is 9.91. The number of halogens is 2. The summed E-state index contributed by atoms with van der Waals surface area (Å²) in [6, 6.07) is 9.74. The number of rotatable bonds is 1. The van der Waals surface area contributed by atoms with Crippen molar-refractivity contribution in [2.24, 2.45) is 0 Å². The predicted octanol–water partition coefficient (Wildman–Crippen LogP) is 3.73. The van der Waals surface area contributed by atoms with E-state index in [1.54, 1.807) is 24.3 Å². The molecule has 5 heteroatoms. The third-order valence-electron chi connectivity index (χ3n) is 3.40. The average molecular weight is 308 g/mol. The summed E-state index contributed by atoms with van der Waals surface area (Å²) in [6.45, 7) is 0. The number of nitrogens with one attached hydrogen (secondary N) is 1. The zero-order valence-electron chi connectivity index (χ0n) is 10.4. The molecule has 0 saturated heterocycles. The van der Waals surface area contributed by atoms with Crippen LogP contribution in [0.5, 0.6) is 5.75 Å². The van der Waals surface area contributed by atoms with Gasteiger partial charge >= 0.3 is 0 Å². The van der Waals surface area contributed by atoms with Crippen molar-refractivity contribution in [1.29, 1.82) is 0 Å². The number of benzene rings is 2. The van der Waals surface area contributed by atoms with Crippen LogP contribution in [0.3, 0.4) is 0 Å². The number of aromatic hydroxyl groups is 1. The molecule has 0 aromatic heterocycles. The first-order valence-electron chi connectivity index (χ1n) is 6.12. The topological polar surface area (TPSA) is 49.3 Å². The maximum Gasteiger partial charge on any atom is 0.252 e. The number of phenolic OH excluding ortho intramolecular Hbond substituents is 1. The molecule has 0 spiro atoms. The van der Waals surface area contributed by atoms with Gasteiger partial charge < -0.3 is 10.4 Å². The number of carbonyl (C=O) groups is 1. The highest BCUT2D eigenvalue weighted by Crippen LogP contribution is 2.32. The molecule has 1 amide bonds. The third kappa shape index (κ3) is 2.35. The lowest BCUT2D eigenvalue weighted by Gasteiger charge is -2.26. The highest BCUT2D eigenvalue weighted by atomic mass is 35.5. The molecule has 1 unspecified atom stereocenters. The van der Waals surface area contributed by atoms with Gasteiger partial charge in [-0.2, -0.15) is 0 Å². The van der Waals surface area contributed by atoms with Gasteiger partial charge in [-0.15, -0.1) is 0 Å². The highest BCUT2D eigenvalue weighted by Gasteiger charge is 2.26. The molecule has 1 aliphatic rings. The summed E-state index contributed by atoms with van der Waals surface area (Å²) >= 11 is 12.1. The van der Waals surface area contributed by atoms with Crippen molar-refractivity contribution in [2.75, 3.05) is 0 Å². The molecular formula is C15H11Cl2NO2. The van der Waals surface area contributed by atoms with Crippen LogP contribution < -0.4 is 5.32 Å². The Bertz CT molecular complexity index is 700. The average Bonchev–Trinajstić information content (AvgIpc) is 2.37. The first-order valence-corrected chi connectivity index (χ1v) is 6.88. The molecule has 0 fully saturated rings. The minimum Gasteiger partial charge on any atom is -0.508 e. The van der Waals surface area contributed by atoms with E-state index in [1.165, 1.54) is 6.07 Å². The zero-order chi connectivity index (χ0) is 14.3. The van der Waals surface area contributed by atoms with E-state index in [9.17, 15) is 9.90 Å². The fourth-order valence-electron chi connectivity index (χ4n) is 2.45. The fourth-order valence-corrected chi connectivity index (χ4v) is 2.99. The van der Waals surface area contributed by atoms with Gasteiger partial charge in [0.2, 0.25) is 0 Å². The summed E-state index contributed by atoms with van der Waals surface area (Å²) in [5, 5.41) is 13.5. The quantitative estimate of drug-likeness (QED) is 0.843. The Balaban J connectivity index is 2.00. The van der Waals surface area contributed by atoms with Gasteiger partial charge in [0.25, 0.3) is 5.91 Å². The SMILES string of the molecule is O=C1NC(c2ccc(Cl)cc2Cl)Cc2cc(O)ccc21. The van der Waals surface area contributed by atoms with Crippen molar-refractivity contribution < 1.29 is 9.90 Å². The van der Waals surface area contributed by atoms with Gasteiger partial charge in [0.1, 0.15) is 5.75 Å². The summed E-state index contributed by atoms with van der Waals surface area (Å²) in [5.41, 5.74) is 2.22. The Morgan fingerprint density at radius 2 is 1.95 bits per heavy atom. The molecule has 1 atom stereocenters. The van der Waals surface area contributed by atoms with E-state index in [1.807, 2.05) is 6.07 Å². The molecule has 0 bridgehead atoms. The first kappa shape index (κ1) is 13.3. The van der Waals surface area contributed by atoms with Crippen LogP contribution in [0.15, 0.2) is 36.4 Å². The molecule has 102 valence electrons. The van der Waals surface area contributed by atoms with Crippen molar-refractivity contribution in [3.63, 3.8) is 0 Å². The summed E-state index contributed by atoms with van der Waals surface area (Å²) in [4.78, 5) is 12.1. The summed E-state index contributed by atoms with van der Waals surface area (Å²) in [7, 11) is 0. The second-order valence-electron chi connectivity index (χ2n) is 4.74. The van der Waals surface area contributed by atoms with Crippen molar-refractivity contribution in [3.8, 4) is 5.75 Å². The molecule has 0 aliphatic carbocycles. The van der Waals surface area contributed by atoms with Crippen molar-refractivity contribution in [3.05, 3.63) is 63.1 Å². The van der Waals surface area contributed by atoms with Crippen LogP contribution in [0.25, 0.3) is 0 Å². The number of phenols is 1. The van der Waals surface area contributed by atoms with Gasteiger partial charge in [-0.1, -0.05) is 29.3 Å². The van der Waals surface area contributed by atoms with Gasteiger partial charge in [0, 0.05) is 15.6 Å². The van der Waals surface area contributed by atoms with E-state index in [2.05, 4.69) is 5.32 Å². The maximum absolute atomic E-state index is 12.1. The molecule has 0 radical (unpaired) electrons. The Kier molecular flexibility index (Phi) is 3.32. The normalized spacial score (nSPS) is 17.5. The molecule has 2 aromatic rings. The Labute approximate surface area is 126 Å². The van der Waals surface area contributed by atoms with Crippen LogP contribution in [0, 0.1) is 0 Å². The maximum atomic E-state index is 12.1. The van der Waals surface area contributed by atoms with Crippen LogP contribution in [0.4, 0.5) is 0 Å². The lowest BCUT2D eigenvalue weighted by Crippen LogP contribution is -2.35. The molecule has 2 aromatic carbocycles. The molecule has 20 heavy (non-hydrogen) atoms. The summed E-state index contributed by atoms with van der Waals surface area (Å²) < 4.78 is 0. The molecule has 0 saturated carbocycles. The number of amides is 1. The van der Waals surface area contributed by atoms with Gasteiger partial charge in [0.05, 0.1) is 6.04 Å². The first-order chi connectivity index (χ1) is 9.54. The smallest absolute Gasteiger partial charge is 0.252 e. The highest BCUT2D eigenvalue weighted by molar-refractivity contribution is 6.35. The van der Waals surface area contributed by atoms with Crippen LogP contribution >= 0.6 is 23.2 Å². The number of hydrogen-bond donors (Lipinski definition) is 2. The van der Waals surface area contributed by atoms with E-state index >= 15 is 0 Å². The second-order valence-corrected chi connectivity index (χ2v) is 5.58. The van der Waals surface area contributed by atoms with Gasteiger partial charge in [-0.05, 0) is 47.9 Å². The van der Waals surface area contributed by atoms with Crippen LogP contribution in [-0.2, 0) is 6.42 Å². The minimum atomic E-state index is -0.221. The Hall–Kier alpha value is -1.71. The Morgan fingerprint density at radius 1 is 1.15 bits per heavy atom. The predicted molar refractivity (Wildman–Crippen MR) is 78.5 cm³/mol. The third-order valence-corrected chi connectivity index (χ3v) is 3.96. The molecule has 1 aliphatic heterocycles. The molecule has 3 rings (SSSR count). The summed E-state index contributed by atoms with van der Waals surface area (Å²) in [5.74, 6) is -0.0123. The van der Waals surface area contributed by atoms with Crippen molar-refractivity contribution in [2.45, 2.75) is 12.5 Å². The largest absolute Gasteiger partial charge is 0.508 e. The van der Waals surface area contributed by atoms with Gasteiger partial charge in [-0.25, -0.2) is 0 Å². The number of fused-ring (bicyclic) bond motifs is 1. The minimum absolute atomic E-state index is 0.152. The number of carbonyl (C=O) groups excluding carboxylic acids is 1. The number of hydrogen-bond acceptors (Lipinski definition) is 2. The lowest BCUT2D eigenvalue weighted by molar-refractivity contribution is 0.0925. The Morgan fingerprint density at radius 3 is 2.70 bits per heavy atom. The molecule has 2 N–H and O–H groups in total. The van der Waals surface area contributed by atoms with Crippen LogP contribution in [-0.4, -0.2) is 11.0 Å². The molecular weight excluding hydrogens is 297 g/mol. The monoisotopic (exact) mass is 307 g/mol. The van der Waals surface area contributed by atoms with E-state index in [4.69, 9.17) is 23.2 Å². The van der Waals surface area contributed by atoms with Gasteiger partial charge in [0.15, 0.2) is 0 Å². The second kappa shape index (κ2) is 5.00. The van der Waals surface area contributed by atoms with Crippen LogP contribution in [0.1, 0.15) is 27.5 Å². The molecule has 3 nitrogen and oxygen atoms in total. The van der Waals surface area contributed by atoms with E-state index in [0.717, 1.165) is 11.1 Å².